The van der Waals surface area contributed by atoms with Crippen LogP contribution in [-0.2, 0) is 11.3 Å². The number of hydrogen-bond acceptors (Lipinski definition) is 5. The van der Waals surface area contributed by atoms with Crippen LogP contribution in [-0.4, -0.2) is 64.4 Å². The molecule has 2 heterocycles. The number of aliphatic imine (C=N–C) groups is 1. The molecule has 1 aromatic heterocycles. The van der Waals surface area contributed by atoms with E-state index in [-0.39, 0.29) is 29.8 Å². The average molecular weight is 528 g/mol. The largest absolute Gasteiger partial charge is 0.383 e. The van der Waals surface area contributed by atoms with Crippen molar-refractivity contribution in [2.24, 2.45) is 4.99 Å². The summed E-state index contributed by atoms with van der Waals surface area (Å²) in [6, 6.07) is 10.8. The fourth-order valence-electron chi connectivity index (χ4n) is 3.27. The number of benzene rings is 1. The highest BCUT2D eigenvalue weighted by molar-refractivity contribution is 14.0. The van der Waals surface area contributed by atoms with Crippen molar-refractivity contribution in [2.75, 3.05) is 63.3 Å². The Morgan fingerprint density at radius 1 is 1.10 bits per heavy atom. The second-order valence-corrected chi connectivity index (χ2v) is 6.82. The van der Waals surface area contributed by atoms with Gasteiger partial charge in [-0.15, -0.1) is 24.0 Å². The summed E-state index contributed by atoms with van der Waals surface area (Å²) in [5.41, 5.74) is 2.20. The highest BCUT2D eigenvalue weighted by Gasteiger charge is 2.18. The fraction of sp³-hybridized carbons (Fsp3) is 0.429. The number of nitrogens with one attached hydrogen (secondary N) is 2. The van der Waals surface area contributed by atoms with Gasteiger partial charge in [0.1, 0.15) is 11.6 Å². The molecule has 1 aliphatic heterocycles. The van der Waals surface area contributed by atoms with Crippen LogP contribution in [0.1, 0.15) is 5.56 Å². The predicted molar refractivity (Wildman–Crippen MR) is 131 cm³/mol. The smallest absolute Gasteiger partial charge is 0.191 e. The van der Waals surface area contributed by atoms with E-state index >= 15 is 0 Å². The lowest BCUT2D eigenvalue weighted by atomic mass is 10.2. The Hall–Kier alpha value is -2.14. The molecule has 1 aromatic carbocycles. The summed E-state index contributed by atoms with van der Waals surface area (Å²) >= 11 is 0. The van der Waals surface area contributed by atoms with Crippen molar-refractivity contribution in [1.29, 1.82) is 0 Å². The SMILES string of the molecule is CN=C(NCCOC)NCc1ccnc(N2CCN(c3ccc(F)cc3)CC2)c1.I. The van der Waals surface area contributed by atoms with Crippen molar-refractivity contribution < 1.29 is 9.13 Å². The number of guanidine groups is 1. The maximum absolute atomic E-state index is 13.1. The molecule has 30 heavy (non-hydrogen) atoms. The predicted octanol–water partition coefficient (Wildman–Crippen LogP) is 2.48. The van der Waals surface area contributed by atoms with Gasteiger partial charge in [-0.05, 0) is 42.0 Å². The molecule has 0 spiro atoms. The number of piperazine rings is 1. The Morgan fingerprint density at radius 3 is 2.47 bits per heavy atom. The molecule has 2 aromatic rings. The van der Waals surface area contributed by atoms with Crippen molar-refractivity contribution in [3.05, 3.63) is 54.0 Å². The van der Waals surface area contributed by atoms with Gasteiger partial charge in [0.2, 0.25) is 0 Å². The second-order valence-electron chi connectivity index (χ2n) is 6.82. The first-order valence-corrected chi connectivity index (χ1v) is 9.83. The van der Waals surface area contributed by atoms with E-state index in [1.54, 1.807) is 14.2 Å². The van der Waals surface area contributed by atoms with Gasteiger partial charge in [-0.3, -0.25) is 4.99 Å². The van der Waals surface area contributed by atoms with E-state index in [2.05, 4.69) is 36.5 Å². The second kappa shape index (κ2) is 12.5. The van der Waals surface area contributed by atoms with E-state index in [0.29, 0.717) is 19.7 Å². The lowest BCUT2D eigenvalue weighted by Gasteiger charge is -2.36. The van der Waals surface area contributed by atoms with Gasteiger partial charge < -0.3 is 25.2 Å². The minimum absolute atomic E-state index is 0. The lowest BCUT2D eigenvalue weighted by molar-refractivity contribution is 0.203. The van der Waals surface area contributed by atoms with Crippen molar-refractivity contribution in [1.82, 2.24) is 15.6 Å². The maximum Gasteiger partial charge on any atom is 0.191 e. The topological polar surface area (TPSA) is 65.0 Å². The van der Waals surface area contributed by atoms with E-state index < -0.39 is 0 Å². The third kappa shape index (κ3) is 6.98. The van der Waals surface area contributed by atoms with E-state index in [0.717, 1.165) is 49.2 Å². The summed E-state index contributed by atoms with van der Waals surface area (Å²) in [4.78, 5) is 13.3. The fourth-order valence-corrected chi connectivity index (χ4v) is 3.27. The zero-order valence-electron chi connectivity index (χ0n) is 17.5. The van der Waals surface area contributed by atoms with E-state index in [1.807, 2.05) is 24.4 Å². The number of anilines is 2. The van der Waals surface area contributed by atoms with E-state index in [4.69, 9.17) is 4.74 Å². The van der Waals surface area contributed by atoms with Crippen LogP contribution in [0.25, 0.3) is 0 Å². The molecular formula is C21H30FIN6O. The van der Waals surface area contributed by atoms with Crippen LogP contribution in [0.4, 0.5) is 15.9 Å². The van der Waals surface area contributed by atoms with Crippen LogP contribution < -0.4 is 20.4 Å². The molecule has 9 heteroatoms. The maximum atomic E-state index is 13.1. The first-order chi connectivity index (χ1) is 14.2. The number of methoxy groups -OCH3 is 1. The first-order valence-electron chi connectivity index (χ1n) is 9.83. The normalized spacial score (nSPS) is 14.3. The Morgan fingerprint density at radius 2 is 1.80 bits per heavy atom. The van der Waals surface area contributed by atoms with Crippen LogP contribution >= 0.6 is 24.0 Å². The van der Waals surface area contributed by atoms with Gasteiger partial charge >= 0.3 is 0 Å². The van der Waals surface area contributed by atoms with Crippen LogP contribution in [0.15, 0.2) is 47.6 Å². The average Bonchev–Trinajstić information content (AvgIpc) is 2.77. The first kappa shape index (κ1) is 24.1. The molecule has 1 fully saturated rings. The van der Waals surface area contributed by atoms with Crippen molar-refractivity contribution in [3.8, 4) is 0 Å². The van der Waals surface area contributed by atoms with Gasteiger partial charge in [0.05, 0.1) is 6.61 Å². The summed E-state index contributed by atoms with van der Waals surface area (Å²) in [7, 11) is 3.43. The number of halogens is 2. The highest BCUT2D eigenvalue weighted by Crippen LogP contribution is 2.20. The highest BCUT2D eigenvalue weighted by atomic mass is 127. The van der Waals surface area contributed by atoms with Crippen molar-refractivity contribution >= 4 is 41.4 Å². The molecule has 1 aliphatic rings. The van der Waals surface area contributed by atoms with Crippen LogP contribution in [0.2, 0.25) is 0 Å². The van der Waals surface area contributed by atoms with Crippen LogP contribution in [0.3, 0.4) is 0 Å². The molecule has 0 unspecified atom stereocenters. The minimum atomic E-state index is -0.202. The molecule has 7 nitrogen and oxygen atoms in total. The number of hydrogen-bond donors (Lipinski definition) is 2. The molecule has 3 rings (SSSR count). The van der Waals surface area contributed by atoms with Gasteiger partial charge in [-0.1, -0.05) is 0 Å². The quantitative estimate of drug-likeness (QED) is 0.249. The molecule has 0 atom stereocenters. The lowest BCUT2D eigenvalue weighted by Crippen LogP contribution is -2.46. The number of pyridine rings is 1. The Kier molecular flexibility index (Phi) is 10.1. The van der Waals surface area contributed by atoms with Gasteiger partial charge in [0, 0.05) is 65.3 Å². The number of ether oxygens (including phenoxy) is 1. The number of rotatable bonds is 7. The zero-order chi connectivity index (χ0) is 20.5. The Labute approximate surface area is 194 Å². The minimum Gasteiger partial charge on any atom is -0.383 e. The standard InChI is InChI=1S/C21H29FN6O.HI/c1-23-21(25-9-14-29-2)26-16-17-7-8-24-20(15-17)28-12-10-27(11-13-28)19-5-3-18(22)4-6-19;/h3-8,15H,9-14,16H2,1-2H3,(H2,23,25,26);1H. The summed E-state index contributed by atoms with van der Waals surface area (Å²) in [5.74, 6) is 1.52. The molecule has 0 bridgehead atoms. The van der Waals surface area contributed by atoms with Crippen LogP contribution in [0.5, 0.6) is 0 Å². The third-order valence-electron chi connectivity index (χ3n) is 4.89. The Bertz CT molecular complexity index is 796. The van der Waals surface area contributed by atoms with Gasteiger partial charge in [-0.2, -0.15) is 0 Å². The number of nitrogens with zero attached hydrogens (tertiary/aromatic N) is 4. The van der Waals surface area contributed by atoms with Gasteiger partial charge in [-0.25, -0.2) is 9.37 Å². The molecule has 0 radical (unpaired) electrons. The molecule has 164 valence electrons. The molecule has 0 amide bonds. The number of aromatic nitrogens is 1. The van der Waals surface area contributed by atoms with Crippen molar-refractivity contribution in [3.63, 3.8) is 0 Å². The molecule has 1 saturated heterocycles. The molecule has 0 saturated carbocycles. The zero-order valence-corrected chi connectivity index (χ0v) is 19.8. The summed E-state index contributed by atoms with van der Waals surface area (Å²) in [5, 5.41) is 6.51. The molecule has 0 aliphatic carbocycles. The summed E-state index contributed by atoms with van der Waals surface area (Å²) in [6.07, 6.45) is 1.85. The van der Waals surface area contributed by atoms with E-state index in [1.165, 1.54) is 12.1 Å². The molecule has 2 N–H and O–H groups in total. The van der Waals surface area contributed by atoms with E-state index in [9.17, 15) is 4.39 Å². The van der Waals surface area contributed by atoms with Crippen LogP contribution in [0, 0.1) is 5.82 Å². The summed E-state index contributed by atoms with van der Waals surface area (Å²) < 4.78 is 18.2. The van der Waals surface area contributed by atoms with Crippen molar-refractivity contribution in [2.45, 2.75) is 6.54 Å². The summed E-state index contributed by atoms with van der Waals surface area (Å²) in [6.45, 7) is 5.51. The third-order valence-corrected chi connectivity index (χ3v) is 4.89. The van der Waals surface area contributed by atoms with Gasteiger partial charge in [0.15, 0.2) is 5.96 Å². The Balaban J connectivity index is 0.00000320. The molecular weight excluding hydrogens is 498 g/mol. The monoisotopic (exact) mass is 528 g/mol. The van der Waals surface area contributed by atoms with Gasteiger partial charge in [0.25, 0.3) is 0 Å².